The monoisotopic (exact) mass is 287 g/mol. The molecule has 1 aromatic heterocycles. The number of hydrogen-bond acceptors (Lipinski definition) is 6. The minimum Gasteiger partial charge on any atom is -0.395 e. The SMILES string of the molecule is NNc1ccc(C(=O)N(CCO)Cc2ccccc2)nn1. The lowest BCUT2D eigenvalue weighted by Gasteiger charge is -2.21. The molecule has 0 radical (unpaired) electrons. The van der Waals surface area contributed by atoms with Crippen molar-refractivity contribution in [2.75, 3.05) is 18.6 Å². The highest BCUT2D eigenvalue weighted by Gasteiger charge is 2.17. The van der Waals surface area contributed by atoms with Crippen LogP contribution >= 0.6 is 0 Å². The van der Waals surface area contributed by atoms with E-state index in [1.54, 1.807) is 12.1 Å². The molecule has 0 spiro atoms. The van der Waals surface area contributed by atoms with Crippen molar-refractivity contribution in [2.45, 2.75) is 6.54 Å². The van der Waals surface area contributed by atoms with Gasteiger partial charge in [0.25, 0.3) is 5.91 Å². The molecule has 7 heteroatoms. The van der Waals surface area contributed by atoms with E-state index in [9.17, 15) is 4.79 Å². The molecule has 0 bridgehead atoms. The Kier molecular flexibility index (Phi) is 5.19. The summed E-state index contributed by atoms with van der Waals surface area (Å²) in [6.45, 7) is 0.513. The maximum atomic E-state index is 12.4. The maximum absolute atomic E-state index is 12.4. The van der Waals surface area contributed by atoms with Gasteiger partial charge in [-0.3, -0.25) is 4.79 Å². The van der Waals surface area contributed by atoms with Crippen molar-refractivity contribution in [3.05, 3.63) is 53.7 Å². The van der Waals surface area contributed by atoms with Gasteiger partial charge in [0.2, 0.25) is 0 Å². The quantitative estimate of drug-likeness (QED) is 0.524. The van der Waals surface area contributed by atoms with Crippen LogP contribution in [-0.2, 0) is 6.54 Å². The molecular formula is C14H17N5O2. The highest BCUT2D eigenvalue weighted by molar-refractivity contribution is 5.92. The van der Waals surface area contributed by atoms with Gasteiger partial charge in [-0.25, -0.2) is 5.84 Å². The van der Waals surface area contributed by atoms with Crippen LogP contribution in [0.15, 0.2) is 42.5 Å². The normalized spacial score (nSPS) is 10.2. The fraction of sp³-hybridized carbons (Fsp3) is 0.214. The molecule has 7 nitrogen and oxygen atoms in total. The number of aliphatic hydroxyl groups excluding tert-OH is 1. The van der Waals surface area contributed by atoms with Crippen LogP contribution in [0.25, 0.3) is 0 Å². The number of carbonyl (C=O) groups excluding carboxylic acids is 1. The van der Waals surface area contributed by atoms with Gasteiger partial charge in [-0.05, 0) is 17.7 Å². The third kappa shape index (κ3) is 3.98. The number of aliphatic hydroxyl groups is 1. The van der Waals surface area contributed by atoms with Crippen LogP contribution in [0.3, 0.4) is 0 Å². The molecule has 4 N–H and O–H groups in total. The second-order valence-electron chi connectivity index (χ2n) is 4.38. The lowest BCUT2D eigenvalue weighted by Crippen LogP contribution is -2.33. The molecule has 0 saturated carbocycles. The minimum atomic E-state index is -0.288. The molecule has 1 aromatic carbocycles. The average Bonchev–Trinajstić information content (AvgIpc) is 2.55. The van der Waals surface area contributed by atoms with E-state index in [2.05, 4.69) is 15.6 Å². The number of nitrogens with two attached hydrogens (primary N) is 1. The van der Waals surface area contributed by atoms with Crippen LogP contribution < -0.4 is 11.3 Å². The van der Waals surface area contributed by atoms with Crippen LogP contribution in [0, 0.1) is 0 Å². The standard InChI is InChI=1S/C14H17N5O2/c15-16-13-7-6-12(17-18-13)14(21)19(8-9-20)10-11-4-2-1-3-5-11/h1-7,20H,8-10,15H2,(H,16,18). The van der Waals surface area contributed by atoms with E-state index in [-0.39, 0.29) is 24.8 Å². The number of hydrazine groups is 1. The third-order valence-electron chi connectivity index (χ3n) is 2.90. The molecule has 0 unspecified atom stereocenters. The van der Waals surface area contributed by atoms with Crippen molar-refractivity contribution in [2.24, 2.45) is 5.84 Å². The Hall–Kier alpha value is -2.51. The van der Waals surface area contributed by atoms with Crippen LogP contribution in [-0.4, -0.2) is 39.3 Å². The van der Waals surface area contributed by atoms with Crippen molar-refractivity contribution in [3.8, 4) is 0 Å². The summed E-state index contributed by atoms with van der Waals surface area (Å²) in [5.74, 6) is 5.29. The first kappa shape index (κ1) is 14.9. The number of carbonyl (C=O) groups is 1. The van der Waals surface area contributed by atoms with E-state index >= 15 is 0 Å². The minimum absolute atomic E-state index is 0.117. The summed E-state index contributed by atoms with van der Waals surface area (Å²) in [6, 6.07) is 12.7. The van der Waals surface area contributed by atoms with Gasteiger partial charge < -0.3 is 15.4 Å². The Balaban J connectivity index is 2.14. The van der Waals surface area contributed by atoms with E-state index in [1.165, 1.54) is 4.90 Å². The third-order valence-corrected chi connectivity index (χ3v) is 2.90. The molecule has 110 valence electrons. The number of aromatic nitrogens is 2. The first-order valence-electron chi connectivity index (χ1n) is 6.49. The number of rotatable bonds is 6. The van der Waals surface area contributed by atoms with E-state index in [1.807, 2.05) is 30.3 Å². The molecule has 0 aliphatic carbocycles. The lowest BCUT2D eigenvalue weighted by molar-refractivity contribution is 0.0701. The van der Waals surface area contributed by atoms with Gasteiger partial charge in [-0.2, -0.15) is 0 Å². The summed E-state index contributed by atoms with van der Waals surface area (Å²) >= 11 is 0. The number of nitrogens with one attached hydrogen (secondary N) is 1. The van der Waals surface area contributed by atoms with E-state index in [0.29, 0.717) is 12.4 Å². The highest BCUT2D eigenvalue weighted by atomic mass is 16.3. The summed E-state index contributed by atoms with van der Waals surface area (Å²) in [7, 11) is 0. The number of benzene rings is 1. The summed E-state index contributed by atoms with van der Waals surface area (Å²) in [5.41, 5.74) is 3.53. The van der Waals surface area contributed by atoms with E-state index in [4.69, 9.17) is 10.9 Å². The summed E-state index contributed by atoms with van der Waals surface area (Å²) in [4.78, 5) is 13.9. The zero-order chi connectivity index (χ0) is 15.1. The zero-order valence-electron chi connectivity index (χ0n) is 11.4. The molecule has 1 amide bonds. The Morgan fingerprint density at radius 2 is 1.95 bits per heavy atom. The first-order chi connectivity index (χ1) is 10.2. The van der Waals surface area contributed by atoms with Crippen LogP contribution in [0.2, 0.25) is 0 Å². The van der Waals surface area contributed by atoms with Crippen LogP contribution in [0.1, 0.15) is 16.1 Å². The lowest BCUT2D eigenvalue weighted by atomic mass is 10.2. The Morgan fingerprint density at radius 1 is 1.19 bits per heavy atom. The molecule has 0 aliphatic rings. The van der Waals surface area contributed by atoms with Gasteiger partial charge in [0.15, 0.2) is 11.5 Å². The van der Waals surface area contributed by atoms with Crippen molar-refractivity contribution in [1.82, 2.24) is 15.1 Å². The number of hydrogen-bond donors (Lipinski definition) is 3. The molecule has 2 rings (SSSR count). The molecule has 1 heterocycles. The summed E-state index contributed by atoms with van der Waals surface area (Å²) < 4.78 is 0. The number of anilines is 1. The molecular weight excluding hydrogens is 270 g/mol. The molecule has 0 aliphatic heterocycles. The first-order valence-corrected chi connectivity index (χ1v) is 6.49. The fourth-order valence-electron chi connectivity index (χ4n) is 1.86. The Labute approximate surface area is 122 Å². The number of amides is 1. The molecule has 0 atom stereocenters. The van der Waals surface area contributed by atoms with E-state index < -0.39 is 0 Å². The topological polar surface area (TPSA) is 104 Å². The van der Waals surface area contributed by atoms with Crippen LogP contribution in [0.4, 0.5) is 5.82 Å². The Morgan fingerprint density at radius 3 is 2.52 bits per heavy atom. The van der Waals surface area contributed by atoms with Crippen molar-refractivity contribution < 1.29 is 9.90 Å². The zero-order valence-corrected chi connectivity index (χ0v) is 11.4. The number of nitrogens with zero attached hydrogens (tertiary/aromatic N) is 3. The van der Waals surface area contributed by atoms with Gasteiger partial charge in [0, 0.05) is 13.1 Å². The highest BCUT2D eigenvalue weighted by Crippen LogP contribution is 2.09. The Bertz CT molecular complexity index is 574. The van der Waals surface area contributed by atoms with Crippen LogP contribution in [0.5, 0.6) is 0 Å². The maximum Gasteiger partial charge on any atom is 0.274 e. The molecule has 0 fully saturated rings. The van der Waals surface area contributed by atoms with Gasteiger partial charge in [-0.1, -0.05) is 30.3 Å². The smallest absolute Gasteiger partial charge is 0.274 e. The summed E-state index contributed by atoms with van der Waals surface area (Å²) in [6.07, 6.45) is 0. The van der Waals surface area contributed by atoms with Crippen molar-refractivity contribution in [3.63, 3.8) is 0 Å². The average molecular weight is 287 g/mol. The van der Waals surface area contributed by atoms with E-state index in [0.717, 1.165) is 5.56 Å². The second-order valence-corrected chi connectivity index (χ2v) is 4.38. The number of nitrogen functional groups attached to an aromatic ring is 1. The van der Waals surface area contributed by atoms with Crippen molar-refractivity contribution in [1.29, 1.82) is 0 Å². The van der Waals surface area contributed by atoms with Gasteiger partial charge in [0.05, 0.1) is 6.61 Å². The molecule has 21 heavy (non-hydrogen) atoms. The second kappa shape index (κ2) is 7.32. The van der Waals surface area contributed by atoms with Gasteiger partial charge in [0.1, 0.15) is 0 Å². The molecule has 2 aromatic rings. The predicted molar refractivity (Wildman–Crippen MR) is 78.1 cm³/mol. The fourth-order valence-corrected chi connectivity index (χ4v) is 1.86. The largest absolute Gasteiger partial charge is 0.395 e. The van der Waals surface area contributed by atoms with Crippen molar-refractivity contribution >= 4 is 11.7 Å². The predicted octanol–water partition coefficient (Wildman–Crippen LogP) is 0.397. The molecule has 0 saturated heterocycles. The van der Waals surface area contributed by atoms with Gasteiger partial charge in [-0.15, -0.1) is 10.2 Å². The van der Waals surface area contributed by atoms with Gasteiger partial charge >= 0.3 is 0 Å². The summed E-state index contributed by atoms with van der Waals surface area (Å²) in [5, 5.41) is 16.7.